The Morgan fingerprint density at radius 2 is 1.90 bits per heavy atom. The molecule has 0 aliphatic heterocycles. The molecular weight excluding hydrogens is 128 g/mol. The van der Waals surface area contributed by atoms with Crippen molar-refractivity contribution in [3.05, 3.63) is 0 Å². The van der Waals surface area contributed by atoms with E-state index in [1.54, 1.807) is 0 Å². The molecule has 0 aliphatic carbocycles. The van der Waals surface area contributed by atoms with Crippen molar-refractivity contribution in [2.45, 2.75) is 33.3 Å². The van der Waals surface area contributed by atoms with E-state index in [0.29, 0.717) is 6.61 Å². The lowest BCUT2D eigenvalue weighted by Gasteiger charge is -2.21. The average molecular weight is 145 g/mol. The van der Waals surface area contributed by atoms with Gasteiger partial charge in [-0.05, 0) is 20.8 Å². The van der Waals surface area contributed by atoms with Crippen molar-refractivity contribution in [1.82, 2.24) is 0 Å². The molecule has 0 heterocycles. The zero-order valence-corrected chi connectivity index (χ0v) is 7.31. The van der Waals surface area contributed by atoms with Gasteiger partial charge in [0.2, 0.25) is 0 Å². The van der Waals surface area contributed by atoms with Crippen LogP contribution in [-0.2, 0) is 9.84 Å². The minimum atomic E-state index is -0.108. The van der Waals surface area contributed by atoms with Crippen LogP contribution in [0, 0.1) is 5.92 Å². The van der Waals surface area contributed by atoms with Crippen molar-refractivity contribution in [2.75, 3.05) is 13.2 Å². The molecule has 61 valence electrons. The molecule has 0 bridgehead atoms. The Bertz CT molecular complexity index is 83.7. The van der Waals surface area contributed by atoms with E-state index >= 15 is 0 Å². The molecule has 0 aromatic rings. The Kier molecular flexibility index (Phi) is 3.91. The lowest BCUT2D eigenvalue weighted by molar-refractivity contribution is -0.0330. The van der Waals surface area contributed by atoms with Gasteiger partial charge in [-0.3, -0.25) is 0 Å². The fourth-order valence-corrected chi connectivity index (χ4v) is 0.440. The van der Waals surface area contributed by atoms with Crippen LogP contribution >= 0.6 is 0 Å². The largest absolute Gasteiger partial charge is 0.375 e. The van der Waals surface area contributed by atoms with E-state index in [0.717, 1.165) is 0 Å². The van der Waals surface area contributed by atoms with Crippen LogP contribution in [0.5, 0.6) is 0 Å². The monoisotopic (exact) mass is 145 g/mol. The van der Waals surface area contributed by atoms with Crippen LogP contribution in [0.1, 0.15) is 27.7 Å². The van der Waals surface area contributed by atoms with Gasteiger partial charge in [0.25, 0.3) is 0 Å². The molecule has 0 aromatic heterocycles. The number of hydrogen-bond acceptors (Lipinski definition) is 1. The third kappa shape index (κ3) is 6.05. The van der Waals surface area contributed by atoms with Crippen LogP contribution in [-0.4, -0.2) is 18.8 Å². The first-order valence-corrected chi connectivity index (χ1v) is 3.68. The number of rotatable bonds is 3. The third-order valence-corrected chi connectivity index (χ3v) is 1.09. The highest BCUT2D eigenvalue weighted by atomic mass is 16.5. The maximum Gasteiger partial charge on any atom is 0.0869 e. The van der Waals surface area contributed by atoms with Gasteiger partial charge in [0, 0.05) is 5.92 Å². The molecule has 0 rings (SSSR count). The van der Waals surface area contributed by atoms with E-state index in [1.807, 2.05) is 27.7 Å². The van der Waals surface area contributed by atoms with Crippen molar-refractivity contribution in [3.8, 4) is 0 Å². The summed E-state index contributed by atoms with van der Waals surface area (Å²) in [6.45, 7) is 8.40. The van der Waals surface area contributed by atoms with Crippen molar-refractivity contribution >= 4 is 0 Å². The van der Waals surface area contributed by atoms with E-state index in [1.165, 1.54) is 0 Å². The van der Waals surface area contributed by atoms with Gasteiger partial charge in [-0.15, -0.1) is 0 Å². The fraction of sp³-hybridized carbons (Fsp3) is 1.00. The van der Waals surface area contributed by atoms with Gasteiger partial charge in [0.15, 0.2) is 0 Å². The van der Waals surface area contributed by atoms with Crippen molar-refractivity contribution in [1.29, 1.82) is 0 Å². The first-order chi connectivity index (χ1) is 4.45. The summed E-state index contributed by atoms with van der Waals surface area (Å²) in [7, 11) is 0. The number of ether oxygens (including phenoxy) is 1. The van der Waals surface area contributed by atoms with Crippen molar-refractivity contribution < 1.29 is 9.84 Å². The summed E-state index contributed by atoms with van der Waals surface area (Å²) >= 11 is 0. The lowest BCUT2D eigenvalue weighted by atomic mass is 10.1. The summed E-state index contributed by atoms with van der Waals surface area (Å²) in [5.74, 6) is 0.138. The Balaban J connectivity index is 3.36. The Labute approximate surface area is 63.2 Å². The molecule has 2 heteroatoms. The number of hydrogen-bond donors (Lipinski definition) is 0. The average Bonchev–Trinajstić information content (AvgIpc) is 1.81. The standard InChI is InChI=1S/C8H17O2/c1-7(5-9)6-10-8(2,3)4/h7H,5-6H2,1-4H3. The topological polar surface area (TPSA) is 29.1 Å². The smallest absolute Gasteiger partial charge is 0.0869 e. The van der Waals surface area contributed by atoms with Crippen LogP contribution < -0.4 is 0 Å². The van der Waals surface area contributed by atoms with Gasteiger partial charge < -0.3 is 4.74 Å². The zero-order chi connectivity index (χ0) is 8.20. The maximum atomic E-state index is 10.3. The molecule has 1 unspecified atom stereocenters. The second-order valence-corrected chi connectivity index (χ2v) is 3.70. The highest BCUT2D eigenvalue weighted by Crippen LogP contribution is 2.08. The Hall–Kier alpha value is -0.0800. The molecule has 0 N–H and O–H groups in total. The molecule has 0 aromatic carbocycles. The minimum Gasteiger partial charge on any atom is -0.375 e. The predicted molar refractivity (Wildman–Crippen MR) is 40.4 cm³/mol. The van der Waals surface area contributed by atoms with Crippen LogP contribution in [0.2, 0.25) is 0 Å². The molecule has 1 radical (unpaired) electrons. The van der Waals surface area contributed by atoms with Crippen LogP contribution in [0.25, 0.3) is 0 Å². The third-order valence-electron chi connectivity index (χ3n) is 1.09. The summed E-state index contributed by atoms with van der Waals surface area (Å²) < 4.78 is 5.38. The zero-order valence-electron chi connectivity index (χ0n) is 7.31. The van der Waals surface area contributed by atoms with Gasteiger partial charge in [0.1, 0.15) is 0 Å². The molecule has 0 aliphatic rings. The Morgan fingerprint density at radius 1 is 1.40 bits per heavy atom. The molecule has 0 fully saturated rings. The van der Waals surface area contributed by atoms with E-state index in [4.69, 9.17) is 4.74 Å². The van der Waals surface area contributed by atoms with Crippen molar-refractivity contribution in [3.63, 3.8) is 0 Å². The highest BCUT2D eigenvalue weighted by Gasteiger charge is 2.11. The fourth-order valence-electron chi connectivity index (χ4n) is 0.440. The molecular formula is C8H17O2. The molecule has 0 amide bonds. The molecule has 10 heavy (non-hydrogen) atoms. The Morgan fingerprint density at radius 3 is 2.20 bits per heavy atom. The summed E-state index contributed by atoms with van der Waals surface area (Å²) in [4.78, 5) is 0. The van der Waals surface area contributed by atoms with Gasteiger partial charge in [0.05, 0.1) is 18.8 Å². The van der Waals surface area contributed by atoms with E-state index < -0.39 is 0 Å². The molecule has 0 saturated carbocycles. The normalized spacial score (nSPS) is 15.3. The van der Waals surface area contributed by atoms with E-state index in [-0.39, 0.29) is 18.1 Å². The van der Waals surface area contributed by atoms with E-state index in [9.17, 15) is 5.11 Å². The minimum absolute atomic E-state index is 0.0456. The first-order valence-electron chi connectivity index (χ1n) is 3.68. The molecule has 1 atom stereocenters. The van der Waals surface area contributed by atoms with Crippen LogP contribution in [0.3, 0.4) is 0 Å². The highest BCUT2D eigenvalue weighted by molar-refractivity contribution is 4.60. The van der Waals surface area contributed by atoms with Gasteiger partial charge in [-0.1, -0.05) is 6.92 Å². The molecule has 0 spiro atoms. The molecule has 2 nitrogen and oxygen atoms in total. The van der Waals surface area contributed by atoms with Crippen molar-refractivity contribution in [2.24, 2.45) is 5.92 Å². The summed E-state index contributed by atoms with van der Waals surface area (Å²) in [6.07, 6.45) is 0. The van der Waals surface area contributed by atoms with Crippen LogP contribution in [0.4, 0.5) is 0 Å². The first kappa shape index (κ1) is 9.92. The SMILES string of the molecule is CC(C[O])COC(C)(C)C. The van der Waals surface area contributed by atoms with E-state index in [2.05, 4.69) is 0 Å². The summed E-state index contributed by atoms with van der Waals surface area (Å²) in [5.41, 5.74) is -0.108. The maximum absolute atomic E-state index is 10.3. The van der Waals surface area contributed by atoms with Gasteiger partial charge in [-0.25, -0.2) is 5.11 Å². The second kappa shape index (κ2) is 3.94. The van der Waals surface area contributed by atoms with Crippen LogP contribution in [0.15, 0.2) is 0 Å². The van der Waals surface area contributed by atoms with Gasteiger partial charge in [-0.2, -0.15) is 0 Å². The second-order valence-electron chi connectivity index (χ2n) is 3.70. The summed E-state index contributed by atoms with van der Waals surface area (Å²) in [6, 6.07) is 0. The van der Waals surface area contributed by atoms with Gasteiger partial charge >= 0.3 is 0 Å². The molecule has 0 saturated heterocycles. The quantitative estimate of drug-likeness (QED) is 0.596. The summed E-state index contributed by atoms with van der Waals surface area (Å²) in [5, 5.41) is 10.3. The lowest BCUT2D eigenvalue weighted by Crippen LogP contribution is -2.23. The predicted octanol–water partition coefficient (Wildman–Crippen LogP) is 1.87.